The molecule has 1 heterocycles. The van der Waals surface area contributed by atoms with Gasteiger partial charge in [-0.15, -0.1) is 6.58 Å². The highest BCUT2D eigenvalue weighted by molar-refractivity contribution is 9.10. The Labute approximate surface area is 157 Å². The summed E-state index contributed by atoms with van der Waals surface area (Å²) in [5.41, 5.74) is 1.51. The van der Waals surface area contributed by atoms with Gasteiger partial charge in [-0.05, 0) is 30.2 Å². The lowest BCUT2D eigenvalue weighted by Gasteiger charge is -2.43. The summed E-state index contributed by atoms with van der Waals surface area (Å²) in [6.45, 7) is 6.54. The van der Waals surface area contributed by atoms with E-state index in [4.69, 9.17) is 4.74 Å². The molecule has 0 aliphatic carbocycles. The van der Waals surface area contributed by atoms with E-state index >= 15 is 0 Å². The van der Waals surface area contributed by atoms with Gasteiger partial charge in [-0.3, -0.25) is 0 Å². The highest BCUT2D eigenvalue weighted by atomic mass is 79.9. The zero-order valence-electron chi connectivity index (χ0n) is 14.3. The number of halogens is 1. The summed E-state index contributed by atoms with van der Waals surface area (Å²) in [6.07, 6.45) is 2.92. The molecular formula is C21H22BrNO2. The molecule has 130 valence electrons. The molecule has 0 spiro atoms. The maximum atomic E-state index is 12.8. The third-order valence-corrected chi connectivity index (χ3v) is 5.40. The fourth-order valence-corrected chi connectivity index (χ4v) is 3.65. The average Bonchev–Trinajstić information content (AvgIpc) is 2.63. The van der Waals surface area contributed by atoms with Crippen LogP contribution in [0.2, 0.25) is 0 Å². The maximum Gasteiger partial charge on any atom is 0.411 e. The molecule has 2 aromatic rings. The van der Waals surface area contributed by atoms with E-state index in [-0.39, 0.29) is 12.1 Å². The van der Waals surface area contributed by atoms with E-state index in [1.165, 1.54) is 0 Å². The topological polar surface area (TPSA) is 29.5 Å². The molecule has 2 aromatic carbocycles. The van der Waals surface area contributed by atoms with E-state index in [1.54, 1.807) is 4.90 Å². The van der Waals surface area contributed by atoms with Gasteiger partial charge in [0.15, 0.2) is 0 Å². The average molecular weight is 400 g/mol. The first-order chi connectivity index (χ1) is 12.1. The highest BCUT2D eigenvalue weighted by Gasteiger charge is 2.42. The fourth-order valence-electron chi connectivity index (χ4n) is 3.38. The van der Waals surface area contributed by atoms with Gasteiger partial charge in [-0.1, -0.05) is 64.5 Å². The first-order valence-corrected chi connectivity index (χ1v) is 9.26. The molecule has 2 atom stereocenters. The Balaban J connectivity index is 1.82. The fraction of sp³-hybridized carbons (Fsp3) is 0.286. The van der Waals surface area contributed by atoms with E-state index in [2.05, 4.69) is 22.5 Å². The van der Waals surface area contributed by atoms with Crippen molar-refractivity contribution in [2.24, 2.45) is 0 Å². The van der Waals surface area contributed by atoms with Crippen molar-refractivity contribution >= 4 is 22.0 Å². The minimum Gasteiger partial charge on any atom is -0.437 e. The van der Waals surface area contributed by atoms with E-state index in [9.17, 15) is 4.79 Å². The van der Waals surface area contributed by atoms with Gasteiger partial charge in [0.25, 0.3) is 0 Å². The highest BCUT2D eigenvalue weighted by Crippen LogP contribution is 2.39. The Bertz CT molecular complexity index is 744. The lowest BCUT2D eigenvalue weighted by molar-refractivity contribution is -0.0588. The van der Waals surface area contributed by atoms with Crippen molar-refractivity contribution in [2.45, 2.75) is 31.4 Å². The van der Waals surface area contributed by atoms with Gasteiger partial charge in [-0.25, -0.2) is 4.79 Å². The molecule has 25 heavy (non-hydrogen) atoms. The molecule has 0 aromatic heterocycles. The third kappa shape index (κ3) is 3.64. The number of carbonyl (C=O) groups is 1. The number of carbonyl (C=O) groups excluding carboxylic acids is 1. The summed E-state index contributed by atoms with van der Waals surface area (Å²) in [4.78, 5) is 14.6. The number of hydrogen-bond acceptors (Lipinski definition) is 2. The first kappa shape index (κ1) is 17.7. The zero-order chi connectivity index (χ0) is 17.9. The zero-order valence-corrected chi connectivity index (χ0v) is 15.9. The Kier molecular flexibility index (Phi) is 5.28. The monoisotopic (exact) mass is 399 g/mol. The molecule has 3 rings (SSSR count). The number of ether oxygens (including phenoxy) is 1. The van der Waals surface area contributed by atoms with Gasteiger partial charge in [0.1, 0.15) is 5.60 Å². The van der Waals surface area contributed by atoms with Crippen LogP contribution in [0, 0.1) is 0 Å². The van der Waals surface area contributed by atoms with Crippen LogP contribution in [-0.2, 0) is 10.3 Å². The van der Waals surface area contributed by atoms with Crippen molar-refractivity contribution in [3.63, 3.8) is 0 Å². The number of nitrogens with zero attached hydrogens (tertiary/aromatic N) is 1. The van der Waals surface area contributed by atoms with Crippen LogP contribution in [0.1, 0.15) is 36.9 Å². The predicted molar refractivity (Wildman–Crippen MR) is 103 cm³/mol. The SMILES string of the molecule is C=CCC1(c2ccccc2)CCN(C(C)c2ccc(Br)cc2)C(=O)O1. The van der Waals surface area contributed by atoms with Gasteiger partial charge >= 0.3 is 6.09 Å². The maximum absolute atomic E-state index is 12.8. The summed E-state index contributed by atoms with van der Waals surface area (Å²) < 4.78 is 7.01. The van der Waals surface area contributed by atoms with Crippen LogP contribution in [-0.4, -0.2) is 17.5 Å². The van der Waals surface area contributed by atoms with Crippen molar-refractivity contribution < 1.29 is 9.53 Å². The van der Waals surface area contributed by atoms with E-state index in [0.717, 1.165) is 22.0 Å². The molecular weight excluding hydrogens is 378 g/mol. The predicted octanol–water partition coefficient (Wildman–Crippen LogP) is 5.82. The van der Waals surface area contributed by atoms with Crippen LogP contribution in [0.4, 0.5) is 4.79 Å². The molecule has 4 heteroatoms. The number of rotatable bonds is 5. The Hall–Kier alpha value is -2.07. The van der Waals surface area contributed by atoms with Crippen molar-refractivity contribution in [1.82, 2.24) is 4.90 Å². The Morgan fingerprint density at radius 2 is 1.92 bits per heavy atom. The standard InChI is InChI=1S/C21H22BrNO2/c1-3-13-21(18-7-5-4-6-8-18)14-15-23(20(24)25-21)16(2)17-9-11-19(22)12-10-17/h3-12,16H,1,13-15H2,2H3. The Morgan fingerprint density at radius 3 is 2.52 bits per heavy atom. The second kappa shape index (κ2) is 7.44. The van der Waals surface area contributed by atoms with Crippen molar-refractivity contribution in [3.05, 3.63) is 82.9 Å². The summed E-state index contributed by atoms with van der Waals surface area (Å²) in [5.74, 6) is 0. The van der Waals surface area contributed by atoms with E-state index in [0.29, 0.717) is 13.0 Å². The van der Waals surface area contributed by atoms with Crippen LogP contribution < -0.4 is 0 Å². The number of amides is 1. The van der Waals surface area contributed by atoms with Crippen LogP contribution in [0.15, 0.2) is 71.7 Å². The second-order valence-corrected chi connectivity index (χ2v) is 7.31. The molecule has 1 aliphatic heterocycles. The summed E-state index contributed by atoms with van der Waals surface area (Å²) in [7, 11) is 0. The molecule has 0 N–H and O–H groups in total. The summed E-state index contributed by atoms with van der Waals surface area (Å²) in [5, 5.41) is 0. The van der Waals surface area contributed by atoms with Crippen molar-refractivity contribution in [3.8, 4) is 0 Å². The molecule has 3 nitrogen and oxygen atoms in total. The van der Waals surface area contributed by atoms with E-state index in [1.807, 2.05) is 67.6 Å². The number of cyclic esters (lactones) is 1. The largest absolute Gasteiger partial charge is 0.437 e. The number of benzene rings is 2. The lowest BCUT2D eigenvalue weighted by atomic mass is 9.85. The Morgan fingerprint density at radius 1 is 1.24 bits per heavy atom. The molecule has 1 amide bonds. The van der Waals surface area contributed by atoms with Crippen LogP contribution in [0.5, 0.6) is 0 Å². The first-order valence-electron chi connectivity index (χ1n) is 8.47. The van der Waals surface area contributed by atoms with Gasteiger partial charge in [0.05, 0.1) is 6.04 Å². The second-order valence-electron chi connectivity index (χ2n) is 6.39. The van der Waals surface area contributed by atoms with Crippen LogP contribution in [0.25, 0.3) is 0 Å². The molecule has 0 radical (unpaired) electrons. The van der Waals surface area contributed by atoms with Gasteiger partial charge < -0.3 is 9.64 Å². The molecule has 2 unspecified atom stereocenters. The van der Waals surface area contributed by atoms with Gasteiger partial charge in [0, 0.05) is 23.9 Å². The minimum atomic E-state index is -0.615. The third-order valence-electron chi connectivity index (χ3n) is 4.87. The number of hydrogen-bond donors (Lipinski definition) is 0. The molecule has 0 saturated carbocycles. The molecule has 1 fully saturated rings. The molecule has 0 bridgehead atoms. The summed E-state index contributed by atoms with van der Waals surface area (Å²) >= 11 is 3.45. The van der Waals surface area contributed by atoms with Crippen LogP contribution in [0.3, 0.4) is 0 Å². The van der Waals surface area contributed by atoms with Crippen molar-refractivity contribution in [2.75, 3.05) is 6.54 Å². The minimum absolute atomic E-state index is 0.0295. The lowest BCUT2D eigenvalue weighted by Crippen LogP contribution is -2.48. The van der Waals surface area contributed by atoms with Gasteiger partial charge in [-0.2, -0.15) is 0 Å². The smallest absolute Gasteiger partial charge is 0.411 e. The quantitative estimate of drug-likeness (QED) is 0.592. The van der Waals surface area contributed by atoms with E-state index < -0.39 is 5.60 Å². The van der Waals surface area contributed by atoms with Crippen molar-refractivity contribution in [1.29, 1.82) is 0 Å². The van der Waals surface area contributed by atoms with Crippen LogP contribution >= 0.6 is 15.9 Å². The normalized spacial score (nSPS) is 21.5. The molecule has 1 saturated heterocycles. The molecule has 1 aliphatic rings. The van der Waals surface area contributed by atoms with Gasteiger partial charge in [0.2, 0.25) is 0 Å². The summed E-state index contributed by atoms with van der Waals surface area (Å²) in [6, 6.07) is 18.0.